The van der Waals surface area contributed by atoms with Crippen molar-refractivity contribution in [2.24, 2.45) is 5.73 Å². The van der Waals surface area contributed by atoms with Crippen LogP contribution < -0.4 is 10.5 Å². The van der Waals surface area contributed by atoms with Gasteiger partial charge in [-0.3, -0.25) is 0 Å². The monoisotopic (exact) mass is 247 g/mol. The van der Waals surface area contributed by atoms with Crippen LogP contribution >= 0.6 is 0 Å². The predicted molar refractivity (Wildman–Crippen MR) is 67.3 cm³/mol. The maximum Gasteiger partial charge on any atom is 0.243 e. The Kier molecular flexibility index (Phi) is 3.94. The van der Waals surface area contributed by atoms with Gasteiger partial charge in [0.2, 0.25) is 5.89 Å². The van der Waals surface area contributed by atoms with E-state index in [1.807, 2.05) is 31.2 Å². The molecule has 5 nitrogen and oxygen atoms in total. The third-order valence-electron chi connectivity index (χ3n) is 2.74. The second-order valence-electron chi connectivity index (χ2n) is 4.09. The number of rotatable bonds is 5. The fraction of sp³-hybridized carbons (Fsp3) is 0.385. The van der Waals surface area contributed by atoms with E-state index < -0.39 is 0 Å². The summed E-state index contributed by atoms with van der Waals surface area (Å²) in [6.07, 6.45) is 1.39. The van der Waals surface area contributed by atoms with Gasteiger partial charge in [-0.1, -0.05) is 24.2 Å². The highest BCUT2D eigenvalue weighted by Crippen LogP contribution is 2.16. The van der Waals surface area contributed by atoms with E-state index in [-0.39, 0.29) is 6.04 Å². The third kappa shape index (κ3) is 2.87. The molecule has 0 saturated heterocycles. The molecular weight excluding hydrogens is 230 g/mol. The lowest BCUT2D eigenvalue weighted by Crippen LogP contribution is -2.08. The first-order chi connectivity index (χ1) is 8.72. The van der Waals surface area contributed by atoms with Gasteiger partial charge in [-0.25, -0.2) is 0 Å². The largest absolute Gasteiger partial charge is 0.497 e. The normalized spacial score (nSPS) is 12.4. The Hall–Kier alpha value is -1.88. The van der Waals surface area contributed by atoms with Crippen LogP contribution in [-0.2, 0) is 6.42 Å². The summed E-state index contributed by atoms with van der Waals surface area (Å²) < 4.78 is 10.3. The minimum absolute atomic E-state index is 0.184. The molecule has 1 aromatic heterocycles. The smallest absolute Gasteiger partial charge is 0.243 e. The third-order valence-corrected chi connectivity index (χ3v) is 2.74. The number of benzene rings is 1. The van der Waals surface area contributed by atoms with E-state index in [9.17, 15) is 0 Å². The number of nitrogens with two attached hydrogens (primary N) is 1. The molecule has 0 aliphatic heterocycles. The summed E-state index contributed by atoms with van der Waals surface area (Å²) in [6, 6.07) is 7.61. The molecule has 0 radical (unpaired) electrons. The molecular formula is C13H17N3O2. The van der Waals surface area contributed by atoms with Gasteiger partial charge in [0.1, 0.15) is 5.75 Å². The van der Waals surface area contributed by atoms with E-state index in [1.54, 1.807) is 7.11 Å². The topological polar surface area (TPSA) is 74.2 Å². The van der Waals surface area contributed by atoms with Gasteiger partial charge in [-0.15, -0.1) is 0 Å². The van der Waals surface area contributed by atoms with Crippen molar-refractivity contribution in [2.75, 3.05) is 7.11 Å². The van der Waals surface area contributed by atoms with E-state index in [4.69, 9.17) is 15.0 Å². The number of methoxy groups -OCH3 is 1. The number of hydrogen-bond acceptors (Lipinski definition) is 5. The first-order valence-electron chi connectivity index (χ1n) is 5.94. The van der Waals surface area contributed by atoms with Gasteiger partial charge in [-0.2, -0.15) is 4.98 Å². The van der Waals surface area contributed by atoms with E-state index in [2.05, 4.69) is 10.1 Å². The molecule has 5 heteroatoms. The Morgan fingerprint density at radius 1 is 1.44 bits per heavy atom. The van der Waals surface area contributed by atoms with Crippen LogP contribution in [0.15, 0.2) is 28.8 Å². The first-order valence-corrected chi connectivity index (χ1v) is 5.94. The molecule has 0 aliphatic rings. The number of ether oxygens (including phenoxy) is 1. The average molecular weight is 247 g/mol. The summed E-state index contributed by atoms with van der Waals surface area (Å²) in [5.41, 5.74) is 6.91. The molecule has 2 rings (SSSR count). The van der Waals surface area contributed by atoms with E-state index in [0.717, 1.165) is 17.7 Å². The molecule has 2 N–H and O–H groups in total. The van der Waals surface area contributed by atoms with Crippen molar-refractivity contribution in [1.82, 2.24) is 10.1 Å². The lowest BCUT2D eigenvalue weighted by Gasteiger charge is -2.01. The van der Waals surface area contributed by atoms with Crippen molar-refractivity contribution in [2.45, 2.75) is 25.8 Å². The highest BCUT2D eigenvalue weighted by Gasteiger charge is 2.13. The van der Waals surface area contributed by atoms with Crippen LogP contribution in [0.1, 0.15) is 36.7 Å². The maximum absolute atomic E-state index is 5.83. The Morgan fingerprint density at radius 2 is 2.28 bits per heavy atom. The molecule has 0 aliphatic carbocycles. The second-order valence-corrected chi connectivity index (χ2v) is 4.09. The van der Waals surface area contributed by atoms with Crippen LogP contribution in [0.5, 0.6) is 5.75 Å². The van der Waals surface area contributed by atoms with Crippen molar-refractivity contribution >= 4 is 0 Å². The maximum atomic E-state index is 5.83. The summed E-state index contributed by atoms with van der Waals surface area (Å²) in [5.74, 6) is 1.96. The van der Waals surface area contributed by atoms with Crippen LogP contribution in [-0.4, -0.2) is 17.3 Å². The molecule has 18 heavy (non-hydrogen) atoms. The molecule has 2 aromatic rings. The molecule has 0 amide bonds. The summed E-state index contributed by atoms with van der Waals surface area (Å²) in [7, 11) is 1.64. The minimum Gasteiger partial charge on any atom is -0.497 e. The average Bonchev–Trinajstić information content (AvgIpc) is 2.86. The van der Waals surface area contributed by atoms with Crippen molar-refractivity contribution in [1.29, 1.82) is 0 Å². The Morgan fingerprint density at radius 3 is 3.00 bits per heavy atom. The van der Waals surface area contributed by atoms with Crippen LogP contribution in [0.4, 0.5) is 0 Å². The molecule has 0 spiro atoms. The molecule has 1 heterocycles. The summed E-state index contributed by atoms with van der Waals surface area (Å²) in [5, 5.41) is 3.93. The zero-order chi connectivity index (χ0) is 13.0. The Labute approximate surface area is 106 Å². The van der Waals surface area contributed by atoms with Gasteiger partial charge in [0.15, 0.2) is 5.82 Å². The van der Waals surface area contributed by atoms with Crippen LogP contribution in [0, 0.1) is 0 Å². The fourth-order valence-corrected chi connectivity index (χ4v) is 1.63. The zero-order valence-corrected chi connectivity index (χ0v) is 10.6. The van der Waals surface area contributed by atoms with Crippen molar-refractivity contribution in [3.05, 3.63) is 41.5 Å². The highest BCUT2D eigenvalue weighted by atomic mass is 16.5. The molecule has 0 fully saturated rings. The molecule has 1 aromatic carbocycles. The van der Waals surface area contributed by atoms with E-state index >= 15 is 0 Å². The molecule has 0 bridgehead atoms. The minimum atomic E-state index is -0.184. The zero-order valence-electron chi connectivity index (χ0n) is 10.6. The summed E-state index contributed by atoms with van der Waals surface area (Å²) in [4.78, 5) is 4.29. The Bertz CT molecular complexity index is 510. The molecule has 96 valence electrons. The first kappa shape index (κ1) is 12.6. The molecule has 1 unspecified atom stereocenters. The highest BCUT2D eigenvalue weighted by molar-refractivity contribution is 5.30. The van der Waals surface area contributed by atoms with Crippen LogP contribution in [0.3, 0.4) is 0 Å². The van der Waals surface area contributed by atoms with E-state index in [1.165, 1.54) is 0 Å². The summed E-state index contributed by atoms with van der Waals surface area (Å²) >= 11 is 0. The Balaban J connectivity index is 2.11. The van der Waals surface area contributed by atoms with E-state index in [0.29, 0.717) is 18.1 Å². The molecule has 1 atom stereocenters. The molecule has 0 saturated carbocycles. The van der Waals surface area contributed by atoms with Crippen molar-refractivity contribution in [3.63, 3.8) is 0 Å². The van der Waals surface area contributed by atoms with Crippen molar-refractivity contribution < 1.29 is 9.26 Å². The van der Waals surface area contributed by atoms with Gasteiger partial charge in [0, 0.05) is 6.42 Å². The van der Waals surface area contributed by atoms with Crippen LogP contribution in [0.25, 0.3) is 0 Å². The van der Waals surface area contributed by atoms with Gasteiger partial charge < -0.3 is 15.0 Å². The predicted octanol–water partition coefficient (Wildman–Crippen LogP) is 2.08. The van der Waals surface area contributed by atoms with Gasteiger partial charge in [-0.05, 0) is 24.1 Å². The number of hydrogen-bond donors (Lipinski definition) is 1. The lowest BCUT2D eigenvalue weighted by molar-refractivity contribution is 0.348. The lowest BCUT2D eigenvalue weighted by atomic mass is 10.1. The fourth-order valence-electron chi connectivity index (χ4n) is 1.63. The standard InChI is InChI=1S/C13H17N3O2/c1-3-11(14)13-15-12(16-18-13)8-9-5-4-6-10(7-9)17-2/h4-7,11H,3,8,14H2,1-2H3. The second kappa shape index (κ2) is 5.64. The van der Waals surface area contributed by atoms with Crippen molar-refractivity contribution in [3.8, 4) is 5.75 Å². The summed E-state index contributed by atoms with van der Waals surface area (Å²) in [6.45, 7) is 1.98. The van der Waals surface area contributed by atoms with Gasteiger partial charge in [0.25, 0.3) is 0 Å². The van der Waals surface area contributed by atoms with Gasteiger partial charge in [0.05, 0.1) is 13.2 Å². The SMILES string of the molecule is CCC(N)c1nc(Cc2cccc(OC)c2)no1. The number of nitrogens with zero attached hydrogens (tertiary/aromatic N) is 2. The van der Waals surface area contributed by atoms with Crippen LogP contribution in [0.2, 0.25) is 0 Å². The van der Waals surface area contributed by atoms with Gasteiger partial charge >= 0.3 is 0 Å². The quantitative estimate of drug-likeness (QED) is 0.875. The number of aromatic nitrogens is 2.